The molecular weight excluding hydrogens is 386 g/mol. The van der Waals surface area contributed by atoms with Crippen LogP contribution < -0.4 is 0 Å². The average Bonchev–Trinajstić information content (AvgIpc) is 3.24. The van der Waals surface area contributed by atoms with E-state index in [1.54, 1.807) is 11.3 Å². The summed E-state index contributed by atoms with van der Waals surface area (Å²) in [7, 11) is 0. The van der Waals surface area contributed by atoms with Gasteiger partial charge in [-0.25, -0.2) is 4.98 Å². The highest BCUT2D eigenvalue weighted by molar-refractivity contribution is 7.16. The van der Waals surface area contributed by atoms with Gasteiger partial charge in [-0.15, -0.1) is 11.3 Å². The average molecular weight is 407 g/mol. The van der Waals surface area contributed by atoms with E-state index >= 15 is 0 Å². The molecule has 0 bridgehead atoms. The molecule has 0 radical (unpaired) electrons. The Hall–Kier alpha value is -2.61. The maximum absolute atomic E-state index is 12.9. The van der Waals surface area contributed by atoms with E-state index in [0.717, 1.165) is 21.3 Å². The van der Waals surface area contributed by atoms with Gasteiger partial charge in [0.25, 0.3) is 5.91 Å². The Labute approximate surface area is 172 Å². The molecule has 2 fully saturated rings. The molecule has 2 heterocycles. The number of fused-ring (bicyclic) bond motifs is 1. The fourth-order valence-electron chi connectivity index (χ4n) is 4.08. The third kappa shape index (κ3) is 3.35. The van der Waals surface area contributed by atoms with Crippen molar-refractivity contribution in [3.63, 3.8) is 0 Å². The van der Waals surface area contributed by atoms with Gasteiger partial charge in [-0.3, -0.25) is 9.69 Å². The summed E-state index contributed by atoms with van der Waals surface area (Å²) in [5, 5.41) is 9.98. The van der Waals surface area contributed by atoms with Crippen molar-refractivity contribution in [1.82, 2.24) is 14.8 Å². The van der Waals surface area contributed by atoms with Gasteiger partial charge in [0.05, 0.1) is 15.7 Å². The third-order valence-electron chi connectivity index (χ3n) is 5.98. The van der Waals surface area contributed by atoms with E-state index in [1.165, 1.54) is 0 Å². The minimum Gasteiger partial charge on any atom is -0.381 e. The van der Waals surface area contributed by atoms with Crippen molar-refractivity contribution < 1.29 is 14.7 Å². The highest BCUT2D eigenvalue weighted by atomic mass is 32.1. The van der Waals surface area contributed by atoms with Crippen LogP contribution in [0.1, 0.15) is 16.8 Å². The van der Waals surface area contributed by atoms with E-state index in [-0.39, 0.29) is 11.9 Å². The van der Waals surface area contributed by atoms with Crippen LogP contribution in [0.5, 0.6) is 0 Å². The number of piperazine rings is 1. The number of rotatable bonds is 4. The lowest BCUT2D eigenvalue weighted by Gasteiger charge is -2.35. The molecule has 1 aliphatic heterocycles. The fraction of sp³-hybridized carbons (Fsp3) is 0.318. The van der Waals surface area contributed by atoms with Crippen molar-refractivity contribution in [2.24, 2.45) is 0 Å². The number of thiazole rings is 1. The molecule has 29 heavy (non-hydrogen) atoms. The molecule has 5 rings (SSSR count). The van der Waals surface area contributed by atoms with Crippen LogP contribution in [-0.4, -0.2) is 69.9 Å². The van der Waals surface area contributed by atoms with Crippen molar-refractivity contribution in [3.05, 3.63) is 53.5 Å². The van der Waals surface area contributed by atoms with E-state index in [2.05, 4.69) is 28.1 Å². The first-order valence-electron chi connectivity index (χ1n) is 9.73. The summed E-state index contributed by atoms with van der Waals surface area (Å²) in [6.45, 7) is 2.57. The van der Waals surface area contributed by atoms with Crippen molar-refractivity contribution in [1.29, 1.82) is 0 Å². The first kappa shape index (κ1) is 18.4. The number of hydrogen-bond acceptors (Lipinski definition) is 6. The summed E-state index contributed by atoms with van der Waals surface area (Å²) in [5.74, 6) is 0.0209. The molecule has 7 heteroatoms. The van der Waals surface area contributed by atoms with E-state index < -0.39 is 5.60 Å². The zero-order valence-corrected chi connectivity index (χ0v) is 16.6. The zero-order chi connectivity index (χ0) is 20.0. The minimum absolute atomic E-state index is 0.0209. The quantitative estimate of drug-likeness (QED) is 0.673. The van der Waals surface area contributed by atoms with Crippen molar-refractivity contribution in [3.8, 4) is 11.1 Å². The van der Waals surface area contributed by atoms with Crippen LogP contribution in [0.25, 0.3) is 21.3 Å². The summed E-state index contributed by atoms with van der Waals surface area (Å²) in [4.78, 5) is 32.1. The number of aromatic nitrogens is 1. The van der Waals surface area contributed by atoms with Crippen molar-refractivity contribution in [2.75, 3.05) is 26.2 Å². The lowest BCUT2D eigenvalue weighted by molar-refractivity contribution is -0.117. The molecule has 0 spiro atoms. The van der Waals surface area contributed by atoms with Gasteiger partial charge in [-0.2, -0.15) is 0 Å². The largest absolute Gasteiger partial charge is 0.381 e. The van der Waals surface area contributed by atoms with Crippen LogP contribution in [0.3, 0.4) is 0 Å². The molecule has 6 nitrogen and oxygen atoms in total. The fourth-order valence-corrected chi connectivity index (χ4v) is 4.74. The number of hydrogen-bond donors (Lipinski definition) is 1. The first-order chi connectivity index (χ1) is 14.1. The van der Waals surface area contributed by atoms with Gasteiger partial charge in [0, 0.05) is 44.2 Å². The molecule has 2 aromatic carbocycles. The van der Waals surface area contributed by atoms with Crippen LogP contribution in [-0.2, 0) is 4.79 Å². The van der Waals surface area contributed by atoms with Crippen LogP contribution in [0.4, 0.5) is 0 Å². The zero-order valence-electron chi connectivity index (χ0n) is 15.8. The molecule has 148 valence electrons. The SMILES string of the molecule is O=CC1(O)CC1N1CCN(C(=O)c2ccc(-c3ccc4scnc4c3)cc2)CC1. The number of amides is 1. The van der Waals surface area contributed by atoms with Crippen LogP contribution >= 0.6 is 11.3 Å². The molecular formula is C22H21N3O3S. The normalized spacial score (nSPS) is 24.6. The Kier molecular flexibility index (Phi) is 4.46. The Morgan fingerprint density at radius 1 is 1.10 bits per heavy atom. The monoisotopic (exact) mass is 407 g/mol. The molecule has 2 unspecified atom stereocenters. The van der Waals surface area contributed by atoms with Gasteiger partial charge in [0.1, 0.15) is 5.60 Å². The molecule has 1 aromatic heterocycles. The van der Waals surface area contributed by atoms with Gasteiger partial charge in [0.15, 0.2) is 6.29 Å². The van der Waals surface area contributed by atoms with Crippen LogP contribution in [0.2, 0.25) is 0 Å². The second-order valence-corrected chi connectivity index (χ2v) is 8.66. The summed E-state index contributed by atoms with van der Waals surface area (Å²) in [5.41, 5.74) is 4.48. The lowest BCUT2D eigenvalue weighted by atomic mass is 10.0. The Balaban J connectivity index is 1.24. The highest BCUT2D eigenvalue weighted by Gasteiger charge is 2.56. The number of nitrogens with zero attached hydrogens (tertiary/aromatic N) is 3. The topological polar surface area (TPSA) is 73.7 Å². The number of benzene rings is 2. The summed E-state index contributed by atoms with van der Waals surface area (Å²) in [6.07, 6.45) is 1.14. The number of aliphatic hydroxyl groups is 1. The predicted octanol–water partition coefficient (Wildman–Crippen LogP) is 2.42. The summed E-state index contributed by atoms with van der Waals surface area (Å²) < 4.78 is 1.16. The molecule has 1 saturated heterocycles. The first-order valence-corrected chi connectivity index (χ1v) is 10.6. The molecule has 1 N–H and O–H groups in total. The molecule has 1 saturated carbocycles. The van der Waals surface area contributed by atoms with Gasteiger partial charge >= 0.3 is 0 Å². The lowest BCUT2D eigenvalue weighted by Crippen LogP contribution is -2.50. The Bertz CT molecular complexity index is 1070. The second-order valence-electron chi connectivity index (χ2n) is 7.77. The molecule has 2 atom stereocenters. The van der Waals surface area contributed by atoms with Gasteiger partial charge < -0.3 is 14.8 Å². The minimum atomic E-state index is -1.18. The summed E-state index contributed by atoms with van der Waals surface area (Å²) >= 11 is 1.62. The molecule has 1 aliphatic carbocycles. The van der Waals surface area contributed by atoms with Gasteiger partial charge in [0.2, 0.25) is 0 Å². The van der Waals surface area contributed by atoms with Gasteiger partial charge in [-0.1, -0.05) is 18.2 Å². The van der Waals surface area contributed by atoms with E-state index in [4.69, 9.17) is 0 Å². The number of carbonyl (C=O) groups is 2. The Morgan fingerprint density at radius 3 is 2.52 bits per heavy atom. The van der Waals surface area contributed by atoms with Crippen LogP contribution in [0.15, 0.2) is 48.0 Å². The standard InChI is InChI=1S/C22H21N3O3S/c26-13-22(28)12-20(22)24-7-9-25(10-8-24)21(27)16-3-1-15(2-4-16)17-5-6-19-18(11-17)23-14-29-19/h1-6,11,13-14,20,28H,7-10,12H2. The van der Waals surface area contributed by atoms with Crippen LogP contribution in [0, 0.1) is 0 Å². The van der Waals surface area contributed by atoms with E-state index in [0.29, 0.717) is 44.4 Å². The smallest absolute Gasteiger partial charge is 0.253 e. The molecule has 3 aromatic rings. The third-order valence-corrected chi connectivity index (χ3v) is 6.79. The van der Waals surface area contributed by atoms with Crippen molar-refractivity contribution >= 4 is 33.7 Å². The molecule has 2 aliphatic rings. The second kappa shape index (κ2) is 7.02. The predicted molar refractivity (Wildman–Crippen MR) is 112 cm³/mol. The number of carbonyl (C=O) groups excluding carboxylic acids is 2. The summed E-state index contributed by atoms with van der Waals surface area (Å²) in [6, 6.07) is 13.8. The maximum atomic E-state index is 12.9. The van der Waals surface area contributed by atoms with Gasteiger partial charge in [-0.05, 0) is 35.4 Å². The van der Waals surface area contributed by atoms with E-state index in [9.17, 15) is 14.7 Å². The van der Waals surface area contributed by atoms with Crippen molar-refractivity contribution in [2.45, 2.75) is 18.1 Å². The number of aldehydes is 1. The maximum Gasteiger partial charge on any atom is 0.253 e. The molecule has 1 amide bonds. The Morgan fingerprint density at radius 2 is 1.83 bits per heavy atom. The highest BCUT2D eigenvalue weighted by Crippen LogP contribution is 2.39. The van der Waals surface area contributed by atoms with E-state index in [1.807, 2.05) is 34.7 Å².